The van der Waals surface area contributed by atoms with Gasteiger partial charge in [0.1, 0.15) is 11.5 Å². The highest BCUT2D eigenvalue weighted by Crippen LogP contribution is 2.23. The molecule has 1 aliphatic heterocycles. The van der Waals surface area contributed by atoms with Crippen molar-refractivity contribution in [2.45, 2.75) is 46.6 Å². The van der Waals surface area contributed by atoms with Crippen LogP contribution in [-0.2, 0) is 9.53 Å². The molecule has 0 aromatic carbocycles. The molecule has 1 aliphatic rings. The van der Waals surface area contributed by atoms with Crippen LogP contribution in [0.3, 0.4) is 0 Å². The van der Waals surface area contributed by atoms with Crippen molar-refractivity contribution < 1.29 is 18.7 Å². The molecular weight excluding hydrogens is 296 g/mol. The van der Waals surface area contributed by atoms with Gasteiger partial charge in [-0.05, 0) is 46.6 Å². The molecule has 0 radical (unpaired) electrons. The number of carbonyl (C=O) groups excluding carboxylic acids is 2. The van der Waals surface area contributed by atoms with Crippen molar-refractivity contribution in [2.75, 3.05) is 19.7 Å². The monoisotopic (exact) mass is 322 g/mol. The Kier molecular flexibility index (Phi) is 5.69. The minimum Gasteiger partial charge on any atom is -0.466 e. The van der Waals surface area contributed by atoms with Crippen molar-refractivity contribution in [2.24, 2.45) is 5.92 Å². The number of nitrogens with zero attached hydrogens (tertiary/aromatic N) is 1. The van der Waals surface area contributed by atoms with E-state index in [1.807, 2.05) is 26.8 Å². The van der Waals surface area contributed by atoms with Crippen LogP contribution in [0.4, 0.5) is 4.79 Å². The molecule has 1 aromatic rings. The number of hydrogen-bond acceptors (Lipinski definition) is 4. The van der Waals surface area contributed by atoms with Gasteiger partial charge in [-0.1, -0.05) is 0 Å². The molecule has 23 heavy (non-hydrogen) atoms. The predicted molar refractivity (Wildman–Crippen MR) is 86.1 cm³/mol. The molecule has 0 saturated carbocycles. The number of rotatable bonds is 4. The second kappa shape index (κ2) is 7.53. The van der Waals surface area contributed by atoms with Gasteiger partial charge in [-0.3, -0.25) is 4.79 Å². The highest BCUT2D eigenvalue weighted by molar-refractivity contribution is 5.76. The highest BCUT2D eigenvalue weighted by Gasteiger charge is 2.29. The van der Waals surface area contributed by atoms with Crippen molar-refractivity contribution in [3.63, 3.8) is 0 Å². The van der Waals surface area contributed by atoms with Gasteiger partial charge < -0.3 is 19.4 Å². The molecule has 1 N–H and O–H groups in total. The first-order valence-electron chi connectivity index (χ1n) is 8.21. The lowest BCUT2D eigenvalue weighted by atomic mass is 9.97. The summed E-state index contributed by atoms with van der Waals surface area (Å²) in [5, 5.41) is 3.00. The number of piperidine rings is 1. The van der Waals surface area contributed by atoms with E-state index in [4.69, 9.17) is 9.15 Å². The van der Waals surface area contributed by atoms with E-state index in [1.54, 1.807) is 11.8 Å². The Bertz CT molecular complexity index is 559. The van der Waals surface area contributed by atoms with E-state index >= 15 is 0 Å². The summed E-state index contributed by atoms with van der Waals surface area (Å²) in [5.41, 5.74) is 0.997. The van der Waals surface area contributed by atoms with Crippen LogP contribution in [0.25, 0.3) is 0 Å². The summed E-state index contributed by atoms with van der Waals surface area (Å²) in [6.45, 7) is 9.10. The number of amides is 2. The van der Waals surface area contributed by atoms with E-state index in [1.165, 1.54) is 0 Å². The minimum absolute atomic E-state index is 0.0878. The van der Waals surface area contributed by atoms with Gasteiger partial charge in [-0.15, -0.1) is 0 Å². The first kappa shape index (κ1) is 17.4. The fourth-order valence-corrected chi connectivity index (χ4v) is 3.01. The van der Waals surface area contributed by atoms with Crippen LogP contribution in [-0.4, -0.2) is 36.6 Å². The van der Waals surface area contributed by atoms with E-state index < -0.39 is 0 Å². The number of aryl methyl sites for hydroxylation is 2. The minimum atomic E-state index is -0.148. The zero-order valence-electron chi connectivity index (χ0n) is 14.3. The molecule has 1 unspecified atom stereocenters. The SMILES string of the molecule is CCOC(=O)C1CCN(C(=O)NC(C)c2cc(C)oc2C)CC1. The molecule has 128 valence electrons. The summed E-state index contributed by atoms with van der Waals surface area (Å²) in [6, 6.07) is 1.74. The topological polar surface area (TPSA) is 71.8 Å². The zero-order chi connectivity index (χ0) is 17.0. The normalized spacial score (nSPS) is 17.0. The van der Waals surface area contributed by atoms with Crippen LogP contribution >= 0.6 is 0 Å². The van der Waals surface area contributed by atoms with Gasteiger partial charge in [0.15, 0.2) is 0 Å². The van der Waals surface area contributed by atoms with Gasteiger partial charge in [0.25, 0.3) is 0 Å². The van der Waals surface area contributed by atoms with Crippen molar-refractivity contribution in [3.8, 4) is 0 Å². The van der Waals surface area contributed by atoms with Gasteiger partial charge in [0.05, 0.1) is 18.6 Å². The first-order valence-corrected chi connectivity index (χ1v) is 8.21. The number of urea groups is 1. The van der Waals surface area contributed by atoms with Gasteiger partial charge >= 0.3 is 12.0 Å². The average molecular weight is 322 g/mol. The highest BCUT2D eigenvalue weighted by atomic mass is 16.5. The lowest BCUT2D eigenvalue weighted by Crippen LogP contribution is -2.46. The van der Waals surface area contributed by atoms with E-state index in [-0.39, 0.29) is 24.0 Å². The standard InChI is InChI=1S/C17H26N2O4/c1-5-22-16(20)14-6-8-19(9-7-14)17(21)18-12(3)15-10-11(2)23-13(15)4/h10,12,14H,5-9H2,1-4H3,(H,18,21). The Labute approximate surface area is 137 Å². The van der Waals surface area contributed by atoms with Gasteiger partial charge in [-0.25, -0.2) is 4.79 Å². The molecule has 2 amide bonds. The lowest BCUT2D eigenvalue weighted by Gasteiger charge is -2.31. The lowest BCUT2D eigenvalue weighted by molar-refractivity contribution is -0.149. The number of esters is 1. The van der Waals surface area contributed by atoms with Crippen molar-refractivity contribution in [1.29, 1.82) is 0 Å². The van der Waals surface area contributed by atoms with Crippen LogP contribution in [0.5, 0.6) is 0 Å². The smallest absolute Gasteiger partial charge is 0.317 e. The van der Waals surface area contributed by atoms with Crippen molar-refractivity contribution >= 4 is 12.0 Å². The number of likely N-dealkylation sites (tertiary alicyclic amines) is 1. The van der Waals surface area contributed by atoms with Gasteiger partial charge in [-0.2, -0.15) is 0 Å². The van der Waals surface area contributed by atoms with Crippen LogP contribution in [0.2, 0.25) is 0 Å². The molecule has 0 bridgehead atoms. The number of hydrogen-bond donors (Lipinski definition) is 1. The third kappa shape index (κ3) is 4.27. The number of ether oxygens (including phenoxy) is 1. The number of carbonyl (C=O) groups is 2. The third-order valence-corrected chi connectivity index (χ3v) is 4.29. The summed E-state index contributed by atoms with van der Waals surface area (Å²) in [7, 11) is 0. The molecule has 1 saturated heterocycles. The Morgan fingerprint density at radius 1 is 1.39 bits per heavy atom. The van der Waals surface area contributed by atoms with E-state index in [9.17, 15) is 9.59 Å². The zero-order valence-corrected chi connectivity index (χ0v) is 14.3. The second-order valence-corrected chi connectivity index (χ2v) is 6.05. The van der Waals surface area contributed by atoms with Crippen molar-refractivity contribution in [1.82, 2.24) is 10.2 Å². The fraction of sp³-hybridized carbons (Fsp3) is 0.647. The van der Waals surface area contributed by atoms with Gasteiger partial charge in [0, 0.05) is 18.7 Å². The van der Waals surface area contributed by atoms with Crippen LogP contribution < -0.4 is 5.32 Å². The summed E-state index contributed by atoms with van der Waals surface area (Å²) in [5.74, 6) is 1.44. The van der Waals surface area contributed by atoms with Crippen LogP contribution in [0.15, 0.2) is 10.5 Å². The quantitative estimate of drug-likeness (QED) is 0.865. The average Bonchev–Trinajstić information content (AvgIpc) is 2.86. The molecule has 1 aromatic heterocycles. The van der Waals surface area contributed by atoms with E-state index in [0.29, 0.717) is 32.5 Å². The third-order valence-electron chi connectivity index (χ3n) is 4.29. The summed E-state index contributed by atoms with van der Waals surface area (Å²) < 4.78 is 10.6. The van der Waals surface area contributed by atoms with Crippen molar-refractivity contribution in [3.05, 3.63) is 23.2 Å². The van der Waals surface area contributed by atoms with Crippen LogP contribution in [0.1, 0.15) is 49.8 Å². The Morgan fingerprint density at radius 2 is 2.04 bits per heavy atom. The Hall–Kier alpha value is -1.98. The largest absolute Gasteiger partial charge is 0.466 e. The number of nitrogens with one attached hydrogen (secondary N) is 1. The maximum atomic E-state index is 12.4. The number of furan rings is 1. The molecule has 6 heteroatoms. The molecule has 2 heterocycles. The molecule has 0 spiro atoms. The first-order chi connectivity index (χ1) is 10.9. The maximum Gasteiger partial charge on any atom is 0.317 e. The predicted octanol–water partition coefficient (Wildman–Crippen LogP) is 2.94. The van der Waals surface area contributed by atoms with Crippen LogP contribution in [0, 0.1) is 19.8 Å². The fourth-order valence-electron chi connectivity index (χ4n) is 3.01. The maximum absolute atomic E-state index is 12.4. The molecule has 1 atom stereocenters. The molecular formula is C17H26N2O4. The summed E-state index contributed by atoms with van der Waals surface area (Å²) in [4.78, 5) is 25.9. The second-order valence-electron chi connectivity index (χ2n) is 6.05. The molecule has 1 fully saturated rings. The van der Waals surface area contributed by atoms with E-state index in [2.05, 4.69) is 5.32 Å². The Morgan fingerprint density at radius 3 is 2.57 bits per heavy atom. The molecule has 0 aliphatic carbocycles. The molecule has 6 nitrogen and oxygen atoms in total. The summed E-state index contributed by atoms with van der Waals surface area (Å²) in [6.07, 6.45) is 1.31. The van der Waals surface area contributed by atoms with E-state index in [0.717, 1.165) is 17.1 Å². The molecule has 2 rings (SSSR count). The Balaban J connectivity index is 1.85. The van der Waals surface area contributed by atoms with Gasteiger partial charge in [0.2, 0.25) is 0 Å². The summed E-state index contributed by atoms with van der Waals surface area (Å²) >= 11 is 0.